The molecule has 1 aromatic heterocycles. The van der Waals surface area contributed by atoms with Crippen molar-refractivity contribution < 1.29 is 14.6 Å². The molecule has 1 aromatic rings. The van der Waals surface area contributed by atoms with Crippen LogP contribution >= 0.6 is 0 Å². The first-order valence-electron chi connectivity index (χ1n) is 6.87. The molecule has 0 aliphatic rings. The summed E-state index contributed by atoms with van der Waals surface area (Å²) in [6.45, 7) is 7.49. The zero-order valence-corrected chi connectivity index (χ0v) is 12.2. The van der Waals surface area contributed by atoms with Gasteiger partial charge in [0.25, 0.3) is 0 Å². The number of aliphatic hydroxyl groups is 1. The minimum atomic E-state index is -1.00. The molecule has 2 unspecified atom stereocenters. The maximum Gasteiger partial charge on any atom is 0.339 e. The van der Waals surface area contributed by atoms with Gasteiger partial charge in [-0.3, -0.25) is 4.98 Å². The van der Waals surface area contributed by atoms with Crippen LogP contribution in [0, 0.1) is 5.92 Å². The summed E-state index contributed by atoms with van der Waals surface area (Å²) in [6, 6.07) is 3.31. The van der Waals surface area contributed by atoms with Crippen LogP contribution in [0.3, 0.4) is 0 Å². The topological polar surface area (TPSA) is 59.4 Å². The first-order valence-corrected chi connectivity index (χ1v) is 6.87. The van der Waals surface area contributed by atoms with Gasteiger partial charge < -0.3 is 9.84 Å². The molecule has 20 heavy (non-hydrogen) atoms. The van der Waals surface area contributed by atoms with E-state index in [9.17, 15) is 9.90 Å². The van der Waals surface area contributed by atoms with E-state index in [-0.39, 0.29) is 6.61 Å². The SMILES string of the molecule is C=CC(C)CCCC(C)(O)COC(=O)c1cccnc1. The largest absolute Gasteiger partial charge is 0.459 e. The molecule has 110 valence electrons. The molecule has 0 aromatic carbocycles. The lowest BCUT2D eigenvalue weighted by molar-refractivity contribution is -0.0269. The predicted molar refractivity (Wildman–Crippen MR) is 78.4 cm³/mol. The van der Waals surface area contributed by atoms with E-state index in [2.05, 4.69) is 18.5 Å². The van der Waals surface area contributed by atoms with Gasteiger partial charge in [-0.15, -0.1) is 6.58 Å². The second-order valence-corrected chi connectivity index (χ2v) is 5.42. The fraction of sp³-hybridized carbons (Fsp3) is 0.500. The van der Waals surface area contributed by atoms with E-state index in [0.29, 0.717) is 17.9 Å². The first kappa shape index (κ1) is 16.4. The highest BCUT2D eigenvalue weighted by Crippen LogP contribution is 2.18. The molecule has 0 aliphatic carbocycles. The van der Waals surface area contributed by atoms with Gasteiger partial charge in [0.05, 0.1) is 11.2 Å². The van der Waals surface area contributed by atoms with Gasteiger partial charge in [0.2, 0.25) is 0 Å². The van der Waals surface area contributed by atoms with Gasteiger partial charge >= 0.3 is 5.97 Å². The van der Waals surface area contributed by atoms with Crippen LogP contribution < -0.4 is 0 Å². The molecule has 0 fully saturated rings. The van der Waals surface area contributed by atoms with Crippen molar-refractivity contribution in [3.05, 3.63) is 42.7 Å². The fourth-order valence-corrected chi connectivity index (χ4v) is 1.78. The number of carbonyl (C=O) groups excluding carboxylic acids is 1. The Morgan fingerprint density at radius 3 is 3.00 bits per heavy atom. The normalized spacial score (nSPS) is 15.2. The Balaban J connectivity index is 2.35. The smallest absolute Gasteiger partial charge is 0.339 e. The summed E-state index contributed by atoms with van der Waals surface area (Å²) in [5, 5.41) is 10.2. The summed E-state index contributed by atoms with van der Waals surface area (Å²) in [5.41, 5.74) is -0.609. The molecular formula is C16H23NO3. The molecule has 0 aliphatic heterocycles. The number of hydrogen-bond donors (Lipinski definition) is 1. The minimum absolute atomic E-state index is 0.0107. The van der Waals surface area contributed by atoms with E-state index in [1.54, 1.807) is 25.3 Å². The summed E-state index contributed by atoms with van der Waals surface area (Å²) in [6.07, 6.45) is 7.36. The standard InChI is InChI=1S/C16H23NO3/c1-4-13(2)7-5-9-16(3,19)12-20-15(18)14-8-6-10-17-11-14/h4,6,8,10-11,13,19H,1,5,7,9,12H2,2-3H3. The quantitative estimate of drug-likeness (QED) is 0.586. The number of rotatable bonds is 8. The lowest BCUT2D eigenvalue weighted by Crippen LogP contribution is -2.32. The van der Waals surface area contributed by atoms with Gasteiger partial charge in [0.1, 0.15) is 6.61 Å². The molecule has 4 heteroatoms. The second kappa shape index (κ2) is 7.80. The van der Waals surface area contributed by atoms with Gasteiger partial charge in [0, 0.05) is 12.4 Å². The number of aromatic nitrogens is 1. The Kier molecular flexibility index (Phi) is 6.39. The van der Waals surface area contributed by atoms with Gasteiger partial charge in [-0.2, -0.15) is 0 Å². The first-order chi connectivity index (χ1) is 9.44. The molecular weight excluding hydrogens is 254 g/mol. The van der Waals surface area contributed by atoms with Gasteiger partial charge in [-0.05, 0) is 44.2 Å². The van der Waals surface area contributed by atoms with E-state index >= 15 is 0 Å². The molecule has 0 amide bonds. The molecule has 0 radical (unpaired) electrons. The molecule has 0 saturated heterocycles. The van der Waals surface area contributed by atoms with Crippen molar-refractivity contribution in [2.45, 2.75) is 38.7 Å². The van der Waals surface area contributed by atoms with Crippen molar-refractivity contribution in [3.63, 3.8) is 0 Å². The van der Waals surface area contributed by atoms with Gasteiger partial charge in [-0.1, -0.05) is 13.0 Å². The van der Waals surface area contributed by atoms with E-state index in [4.69, 9.17) is 4.74 Å². The highest BCUT2D eigenvalue weighted by atomic mass is 16.5. The third-order valence-corrected chi connectivity index (χ3v) is 3.19. The monoisotopic (exact) mass is 277 g/mol. The van der Waals surface area contributed by atoms with E-state index < -0.39 is 11.6 Å². The average molecular weight is 277 g/mol. The van der Waals surface area contributed by atoms with Crippen LogP contribution in [0.25, 0.3) is 0 Å². The van der Waals surface area contributed by atoms with Crippen molar-refractivity contribution in [2.75, 3.05) is 6.61 Å². The number of pyridine rings is 1. The number of carbonyl (C=O) groups is 1. The van der Waals surface area contributed by atoms with Crippen LogP contribution in [-0.4, -0.2) is 28.3 Å². The maximum absolute atomic E-state index is 11.7. The second-order valence-electron chi connectivity index (χ2n) is 5.42. The van der Waals surface area contributed by atoms with Crippen LogP contribution in [0.1, 0.15) is 43.5 Å². The number of hydrogen-bond acceptors (Lipinski definition) is 4. The Labute approximate surface area is 120 Å². The summed E-state index contributed by atoms with van der Waals surface area (Å²) in [7, 11) is 0. The van der Waals surface area contributed by atoms with Gasteiger partial charge in [0.15, 0.2) is 0 Å². The Morgan fingerprint density at radius 1 is 1.65 bits per heavy atom. The van der Waals surface area contributed by atoms with Crippen molar-refractivity contribution in [2.24, 2.45) is 5.92 Å². The average Bonchev–Trinajstić information content (AvgIpc) is 2.45. The molecule has 0 bridgehead atoms. The van der Waals surface area contributed by atoms with E-state index in [0.717, 1.165) is 12.8 Å². The Bertz CT molecular complexity index is 429. The van der Waals surface area contributed by atoms with Crippen LogP contribution in [0.2, 0.25) is 0 Å². The predicted octanol–water partition coefficient (Wildman–Crippen LogP) is 2.98. The summed E-state index contributed by atoms with van der Waals surface area (Å²) >= 11 is 0. The zero-order valence-electron chi connectivity index (χ0n) is 12.2. The number of allylic oxidation sites excluding steroid dienone is 1. The van der Waals surface area contributed by atoms with Crippen molar-refractivity contribution >= 4 is 5.97 Å². The Hall–Kier alpha value is -1.68. The van der Waals surface area contributed by atoms with E-state index in [1.165, 1.54) is 6.20 Å². The molecule has 1 rings (SSSR count). The zero-order chi connectivity index (χ0) is 15.0. The molecule has 1 N–H and O–H groups in total. The molecule has 4 nitrogen and oxygen atoms in total. The molecule has 0 saturated carbocycles. The number of nitrogens with zero attached hydrogens (tertiary/aromatic N) is 1. The lowest BCUT2D eigenvalue weighted by Gasteiger charge is -2.23. The van der Waals surface area contributed by atoms with Crippen molar-refractivity contribution in [1.82, 2.24) is 4.98 Å². The summed E-state index contributed by atoms with van der Waals surface area (Å²) < 4.78 is 5.13. The lowest BCUT2D eigenvalue weighted by atomic mass is 9.96. The van der Waals surface area contributed by atoms with E-state index in [1.807, 2.05) is 6.08 Å². The van der Waals surface area contributed by atoms with Gasteiger partial charge in [-0.25, -0.2) is 4.79 Å². The highest BCUT2D eigenvalue weighted by Gasteiger charge is 2.23. The number of esters is 1. The highest BCUT2D eigenvalue weighted by molar-refractivity contribution is 5.88. The molecule has 1 heterocycles. The van der Waals surface area contributed by atoms with Crippen LogP contribution in [-0.2, 0) is 4.74 Å². The fourth-order valence-electron chi connectivity index (χ4n) is 1.78. The van der Waals surface area contributed by atoms with Crippen LogP contribution in [0.4, 0.5) is 0 Å². The third kappa shape index (κ3) is 5.97. The molecule has 2 atom stereocenters. The van der Waals surface area contributed by atoms with Crippen molar-refractivity contribution in [3.8, 4) is 0 Å². The summed E-state index contributed by atoms with van der Waals surface area (Å²) in [4.78, 5) is 15.6. The van der Waals surface area contributed by atoms with Crippen LogP contribution in [0.15, 0.2) is 37.2 Å². The Morgan fingerprint density at radius 2 is 2.40 bits per heavy atom. The summed E-state index contributed by atoms with van der Waals surface area (Å²) in [5.74, 6) is -0.0263. The number of ether oxygens (including phenoxy) is 1. The molecule has 0 spiro atoms. The van der Waals surface area contributed by atoms with Crippen LogP contribution in [0.5, 0.6) is 0 Å². The maximum atomic E-state index is 11.7. The third-order valence-electron chi connectivity index (χ3n) is 3.19. The minimum Gasteiger partial charge on any atom is -0.459 e. The van der Waals surface area contributed by atoms with Crippen molar-refractivity contribution in [1.29, 1.82) is 0 Å².